The lowest BCUT2D eigenvalue weighted by molar-refractivity contribution is 0.0702. The van der Waals surface area contributed by atoms with Crippen molar-refractivity contribution in [2.24, 2.45) is 11.8 Å². The van der Waals surface area contributed by atoms with Gasteiger partial charge in [0.25, 0.3) is 0 Å². The van der Waals surface area contributed by atoms with E-state index in [1.54, 1.807) is 6.07 Å². The van der Waals surface area contributed by atoms with Crippen molar-refractivity contribution in [3.63, 3.8) is 0 Å². The fourth-order valence-electron chi connectivity index (χ4n) is 3.26. The summed E-state index contributed by atoms with van der Waals surface area (Å²) in [6, 6.07) is 3.54. The molecule has 0 aromatic carbocycles. The number of aryl methyl sites for hydroxylation is 1. The summed E-state index contributed by atoms with van der Waals surface area (Å²) >= 11 is 7.70. The zero-order valence-electron chi connectivity index (χ0n) is 12.1. The number of rotatable bonds is 6. The maximum atomic E-state index is 10.8. The van der Waals surface area contributed by atoms with Gasteiger partial charge in [-0.1, -0.05) is 12.2 Å². The van der Waals surface area contributed by atoms with Gasteiger partial charge in [0.1, 0.15) is 4.88 Å². The largest absolute Gasteiger partial charge is 0.477 e. The standard InChI is InChI=1S/C16H21ClO3S/c1-9(2)15-11(12(17)8-13(15)18)5-3-4-10-6-7-14(21-10)16(19)20/h6-7,11-13,15,18H,1,3-5,8H2,2H3,(H,19,20)/t11?,12-,13-,15-/m1/s1. The molecule has 1 unspecified atom stereocenters. The molecule has 0 radical (unpaired) electrons. The van der Waals surface area contributed by atoms with Gasteiger partial charge in [-0.3, -0.25) is 0 Å². The SMILES string of the molecule is C=C(C)[C@@H]1C(CCCc2ccc(C(=O)O)s2)[C@H](Cl)C[C@H]1O. The Hall–Kier alpha value is -0.840. The smallest absolute Gasteiger partial charge is 0.345 e. The first-order chi connectivity index (χ1) is 9.90. The maximum absolute atomic E-state index is 10.8. The fourth-order valence-corrected chi connectivity index (χ4v) is 4.61. The molecule has 1 aliphatic rings. The molecule has 1 aromatic heterocycles. The van der Waals surface area contributed by atoms with E-state index in [-0.39, 0.29) is 23.3 Å². The minimum absolute atomic E-state index is 0.000355. The van der Waals surface area contributed by atoms with E-state index in [1.807, 2.05) is 13.0 Å². The van der Waals surface area contributed by atoms with Crippen molar-refractivity contribution in [1.82, 2.24) is 0 Å². The lowest BCUT2D eigenvalue weighted by Gasteiger charge is -2.23. The van der Waals surface area contributed by atoms with Crippen LogP contribution >= 0.6 is 22.9 Å². The van der Waals surface area contributed by atoms with E-state index in [0.29, 0.717) is 11.3 Å². The van der Waals surface area contributed by atoms with E-state index < -0.39 is 5.97 Å². The number of aliphatic hydroxyl groups is 1. The summed E-state index contributed by atoms with van der Waals surface area (Å²) < 4.78 is 0. The minimum atomic E-state index is -0.867. The van der Waals surface area contributed by atoms with E-state index >= 15 is 0 Å². The van der Waals surface area contributed by atoms with E-state index in [9.17, 15) is 9.90 Å². The molecule has 0 spiro atoms. The first kappa shape index (κ1) is 16.5. The first-order valence-electron chi connectivity index (χ1n) is 7.19. The van der Waals surface area contributed by atoms with E-state index in [2.05, 4.69) is 6.58 Å². The molecule has 0 aliphatic heterocycles. The van der Waals surface area contributed by atoms with Gasteiger partial charge in [0.15, 0.2) is 0 Å². The topological polar surface area (TPSA) is 57.5 Å². The van der Waals surface area contributed by atoms with Gasteiger partial charge >= 0.3 is 5.97 Å². The number of carbonyl (C=O) groups is 1. The van der Waals surface area contributed by atoms with Crippen molar-refractivity contribution in [3.8, 4) is 0 Å². The Morgan fingerprint density at radius 2 is 2.24 bits per heavy atom. The minimum Gasteiger partial charge on any atom is -0.477 e. The molecule has 2 rings (SSSR count). The predicted octanol–water partition coefficient (Wildman–Crippen LogP) is 3.95. The predicted molar refractivity (Wildman–Crippen MR) is 86.3 cm³/mol. The summed E-state index contributed by atoms with van der Waals surface area (Å²) in [5, 5.41) is 19.0. The van der Waals surface area contributed by atoms with Crippen LogP contribution in [0.15, 0.2) is 24.3 Å². The van der Waals surface area contributed by atoms with E-state index in [1.165, 1.54) is 11.3 Å². The van der Waals surface area contributed by atoms with Crippen LogP contribution in [0.25, 0.3) is 0 Å². The molecule has 1 aromatic rings. The van der Waals surface area contributed by atoms with Crippen LogP contribution in [0.2, 0.25) is 0 Å². The molecule has 0 bridgehead atoms. The molecule has 2 N–H and O–H groups in total. The summed E-state index contributed by atoms with van der Waals surface area (Å²) in [7, 11) is 0. The summed E-state index contributed by atoms with van der Waals surface area (Å²) in [6.07, 6.45) is 2.99. The highest BCUT2D eigenvalue weighted by Crippen LogP contribution is 2.42. The van der Waals surface area contributed by atoms with Crippen molar-refractivity contribution in [3.05, 3.63) is 34.0 Å². The second kappa shape index (κ2) is 6.95. The monoisotopic (exact) mass is 328 g/mol. The third kappa shape index (κ3) is 3.87. The Labute approximate surface area is 134 Å². The molecule has 21 heavy (non-hydrogen) atoms. The molecular formula is C16H21ClO3S. The van der Waals surface area contributed by atoms with Crippen molar-refractivity contribution in [2.45, 2.75) is 44.1 Å². The first-order valence-corrected chi connectivity index (χ1v) is 8.45. The normalized spacial score (nSPS) is 28.7. The van der Waals surface area contributed by atoms with Gasteiger partial charge in [-0.05, 0) is 50.7 Å². The van der Waals surface area contributed by atoms with Crippen LogP contribution in [0.1, 0.15) is 40.7 Å². The van der Waals surface area contributed by atoms with Gasteiger partial charge < -0.3 is 10.2 Å². The van der Waals surface area contributed by atoms with E-state index in [4.69, 9.17) is 16.7 Å². The highest BCUT2D eigenvalue weighted by Gasteiger charge is 2.41. The average Bonchev–Trinajstić information content (AvgIpc) is 2.95. The van der Waals surface area contributed by atoms with Gasteiger partial charge in [0.05, 0.1) is 6.10 Å². The number of halogens is 1. The van der Waals surface area contributed by atoms with Crippen LogP contribution in [0.3, 0.4) is 0 Å². The molecule has 1 fully saturated rings. The summed E-state index contributed by atoms with van der Waals surface area (Å²) in [6.45, 7) is 5.93. The van der Waals surface area contributed by atoms with Crippen molar-refractivity contribution in [1.29, 1.82) is 0 Å². The Bertz CT molecular complexity index is 525. The quantitative estimate of drug-likeness (QED) is 0.614. The number of hydrogen-bond donors (Lipinski definition) is 2. The highest BCUT2D eigenvalue weighted by atomic mass is 35.5. The molecule has 3 nitrogen and oxygen atoms in total. The van der Waals surface area contributed by atoms with Crippen LogP contribution in [0.5, 0.6) is 0 Å². The number of carboxylic acids is 1. The number of thiophene rings is 1. The number of alkyl halides is 1. The lowest BCUT2D eigenvalue weighted by atomic mass is 9.85. The highest BCUT2D eigenvalue weighted by molar-refractivity contribution is 7.13. The van der Waals surface area contributed by atoms with Gasteiger partial charge in [-0.15, -0.1) is 22.9 Å². The molecule has 1 aliphatic carbocycles. The average molecular weight is 329 g/mol. The third-order valence-electron chi connectivity index (χ3n) is 4.21. The molecule has 4 atom stereocenters. The molecule has 5 heteroatoms. The number of carboxylic acid groups (broad SMARTS) is 1. The summed E-state index contributed by atoms with van der Waals surface area (Å²) in [5.41, 5.74) is 1.000. The zero-order valence-corrected chi connectivity index (χ0v) is 13.7. The molecule has 116 valence electrons. The van der Waals surface area contributed by atoms with Crippen molar-refractivity contribution in [2.75, 3.05) is 0 Å². The molecular weight excluding hydrogens is 308 g/mol. The Morgan fingerprint density at radius 1 is 1.52 bits per heavy atom. The molecule has 0 saturated heterocycles. The lowest BCUT2D eigenvalue weighted by Crippen LogP contribution is -2.21. The van der Waals surface area contributed by atoms with Crippen LogP contribution in [0, 0.1) is 11.8 Å². The third-order valence-corrected chi connectivity index (χ3v) is 5.84. The van der Waals surface area contributed by atoms with Crippen LogP contribution < -0.4 is 0 Å². The number of hydrogen-bond acceptors (Lipinski definition) is 3. The Balaban J connectivity index is 1.89. The van der Waals surface area contributed by atoms with Gasteiger partial charge in [0.2, 0.25) is 0 Å². The fraction of sp³-hybridized carbons (Fsp3) is 0.562. The number of aromatic carboxylic acids is 1. The summed E-state index contributed by atoms with van der Waals surface area (Å²) in [5.74, 6) is -0.517. The van der Waals surface area contributed by atoms with E-state index in [0.717, 1.165) is 29.7 Å². The summed E-state index contributed by atoms with van der Waals surface area (Å²) in [4.78, 5) is 12.3. The molecule has 1 heterocycles. The van der Waals surface area contributed by atoms with Gasteiger partial charge in [-0.2, -0.15) is 0 Å². The second-order valence-electron chi connectivity index (χ2n) is 5.82. The Morgan fingerprint density at radius 3 is 2.81 bits per heavy atom. The zero-order chi connectivity index (χ0) is 15.6. The van der Waals surface area contributed by atoms with Gasteiger partial charge in [0, 0.05) is 16.2 Å². The number of aliphatic hydroxyl groups excluding tert-OH is 1. The van der Waals surface area contributed by atoms with Gasteiger partial charge in [-0.25, -0.2) is 4.79 Å². The second-order valence-corrected chi connectivity index (χ2v) is 7.55. The molecule has 0 amide bonds. The van der Waals surface area contributed by atoms with Crippen LogP contribution in [-0.4, -0.2) is 27.7 Å². The van der Waals surface area contributed by atoms with Crippen LogP contribution in [0.4, 0.5) is 0 Å². The Kier molecular flexibility index (Phi) is 5.47. The molecule has 1 saturated carbocycles. The van der Waals surface area contributed by atoms with Crippen molar-refractivity contribution >= 4 is 28.9 Å². The van der Waals surface area contributed by atoms with Crippen LogP contribution in [-0.2, 0) is 6.42 Å². The maximum Gasteiger partial charge on any atom is 0.345 e. The van der Waals surface area contributed by atoms with Crippen molar-refractivity contribution < 1.29 is 15.0 Å².